The highest BCUT2D eigenvalue weighted by molar-refractivity contribution is 6.02. The van der Waals surface area contributed by atoms with Gasteiger partial charge < -0.3 is 14.7 Å². The summed E-state index contributed by atoms with van der Waals surface area (Å²) in [7, 11) is 0. The molecule has 96 valence electrons. The fourth-order valence-corrected chi connectivity index (χ4v) is 2.53. The number of aliphatic carboxylic acids is 1. The second-order valence-corrected chi connectivity index (χ2v) is 5.03. The molecule has 17 heavy (non-hydrogen) atoms. The van der Waals surface area contributed by atoms with Crippen molar-refractivity contribution in [1.82, 2.24) is 4.90 Å². The second kappa shape index (κ2) is 4.64. The van der Waals surface area contributed by atoms with Crippen LogP contribution in [-0.4, -0.2) is 47.7 Å². The van der Waals surface area contributed by atoms with Gasteiger partial charge in [0, 0.05) is 19.7 Å². The maximum Gasteiger partial charge on any atom is 0.319 e. The van der Waals surface area contributed by atoms with Crippen molar-refractivity contribution in [1.29, 1.82) is 0 Å². The Morgan fingerprint density at radius 1 is 1.35 bits per heavy atom. The predicted molar refractivity (Wildman–Crippen MR) is 60.5 cm³/mol. The van der Waals surface area contributed by atoms with E-state index in [1.807, 2.05) is 6.92 Å². The number of ether oxygens (including phenoxy) is 1. The van der Waals surface area contributed by atoms with Gasteiger partial charge in [-0.3, -0.25) is 9.59 Å². The van der Waals surface area contributed by atoms with E-state index in [1.165, 1.54) is 0 Å². The number of nitrogens with zero attached hydrogens (tertiary/aromatic N) is 1. The number of carboxylic acid groups (broad SMARTS) is 1. The molecule has 1 unspecified atom stereocenters. The van der Waals surface area contributed by atoms with E-state index in [0.29, 0.717) is 32.5 Å². The van der Waals surface area contributed by atoms with Gasteiger partial charge in [-0.25, -0.2) is 0 Å². The molecule has 1 atom stereocenters. The Kier molecular flexibility index (Phi) is 3.38. The molecule has 1 aliphatic carbocycles. The number of carboxylic acids is 1. The van der Waals surface area contributed by atoms with Crippen LogP contribution in [-0.2, 0) is 14.3 Å². The van der Waals surface area contributed by atoms with Crippen LogP contribution in [0.2, 0.25) is 0 Å². The first kappa shape index (κ1) is 12.4. The summed E-state index contributed by atoms with van der Waals surface area (Å²) < 4.78 is 5.47. The van der Waals surface area contributed by atoms with Gasteiger partial charge in [0.2, 0.25) is 5.91 Å². The largest absolute Gasteiger partial charge is 0.480 e. The zero-order valence-electron chi connectivity index (χ0n) is 10.1. The predicted octanol–water partition coefficient (Wildman–Crippen LogP) is 0.879. The van der Waals surface area contributed by atoms with Gasteiger partial charge in [0.1, 0.15) is 5.41 Å². The zero-order chi connectivity index (χ0) is 12.5. The van der Waals surface area contributed by atoms with E-state index in [9.17, 15) is 14.7 Å². The Bertz CT molecular complexity index is 324. The van der Waals surface area contributed by atoms with Crippen molar-refractivity contribution in [3.05, 3.63) is 0 Å². The SMILES string of the molecule is CC1CN(C(=O)C2(C(=O)O)CCC2)CCCO1. The van der Waals surface area contributed by atoms with Crippen molar-refractivity contribution in [3.63, 3.8) is 0 Å². The highest BCUT2D eigenvalue weighted by Gasteiger charge is 2.53. The average molecular weight is 241 g/mol. The molecule has 0 aromatic rings. The first-order valence-electron chi connectivity index (χ1n) is 6.21. The van der Waals surface area contributed by atoms with Gasteiger partial charge in [0.25, 0.3) is 0 Å². The summed E-state index contributed by atoms with van der Waals surface area (Å²) in [4.78, 5) is 25.3. The minimum absolute atomic E-state index is 0.00706. The van der Waals surface area contributed by atoms with Crippen LogP contribution < -0.4 is 0 Å². The lowest BCUT2D eigenvalue weighted by molar-refractivity contribution is -0.167. The fourth-order valence-electron chi connectivity index (χ4n) is 2.53. The van der Waals surface area contributed by atoms with Crippen LogP contribution in [0.3, 0.4) is 0 Å². The molecule has 0 aromatic heterocycles. The standard InChI is InChI=1S/C12H19NO4/c1-9-8-13(6-3-7-17-9)10(14)12(11(15)16)4-2-5-12/h9H,2-8H2,1H3,(H,15,16). The summed E-state index contributed by atoms with van der Waals surface area (Å²) in [6.07, 6.45) is 2.57. The van der Waals surface area contributed by atoms with Gasteiger partial charge in [-0.1, -0.05) is 6.42 Å². The monoisotopic (exact) mass is 241 g/mol. The van der Waals surface area contributed by atoms with Crippen molar-refractivity contribution < 1.29 is 19.4 Å². The summed E-state index contributed by atoms with van der Waals surface area (Å²) in [5.41, 5.74) is -1.13. The molecule has 5 nitrogen and oxygen atoms in total. The minimum Gasteiger partial charge on any atom is -0.480 e. The first-order chi connectivity index (χ1) is 8.06. The Morgan fingerprint density at radius 3 is 2.59 bits per heavy atom. The highest BCUT2D eigenvalue weighted by Crippen LogP contribution is 2.43. The third kappa shape index (κ3) is 2.16. The quantitative estimate of drug-likeness (QED) is 0.729. The maximum absolute atomic E-state index is 12.3. The lowest BCUT2D eigenvalue weighted by Gasteiger charge is -2.40. The van der Waals surface area contributed by atoms with Crippen LogP contribution >= 0.6 is 0 Å². The maximum atomic E-state index is 12.3. The number of rotatable bonds is 2. The van der Waals surface area contributed by atoms with Gasteiger partial charge in [-0.05, 0) is 26.2 Å². The topological polar surface area (TPSA) is 66.8 Å². The van der Waals surface area contributed by atoms with E-state index in [4.69, 9.17) is 4.74 Å². The molecule has 2 fully saturated rings. The molecular formula is C12H19NO4. The normalized spacial score (nSPS) is 28.1. The molecule has 1 aliphatic heterocycles. The molecule has 1 saturated carbocycles. The first-order valence-corrected chi connectivity index (χ1v) is 6.21. The highest BCUT2D eigenvalue weighted by atomic mass is 16.5. The molecular weight excluding hydrogens is 222 g/mol. The summed E-state index contributed by atoms with van der Waals surface area (Å²) in [5, 5.41) is 9.24. The number of carbonyl (C=O) groups excluding carboxylic acids is 1. The summed E-state index contributed by atoms with van der Waals surface area (Å²) in [5.74, 6) is -1.18. The van der Waals surface area contributed by atoms with Gasteiger partial charge in [-0.2, -0.15) is 0 Å². The molecule has 1 heterocycles. The number of hydrogen-bond acceptors (Lipinski definition) is 3. The van der Waals surface area contributed by atoms with Crippen molar-refractivity contribution in [2.24, 2.45) is 5.41 Å². The van der Waals surface area contributed by atoms with E-state index >= 15 is 0 Å². The van der Waals surface area contributed by atoms with Gasteiger partial charge in [-0.15, -0.1) is 0 Å². The van der Waals surface area contributed by atoms with Crippen LogP contribution in [0.5, 0.6) is 0 Å². The molecule has 0 spiro atoms. The zero-order valence-corrected chi connectivity index (χ0v) is 10.1. The van der Waals surface area contributed by atoms with Crippen LogP contribution in [0.4, 0.5) is 0 Å². The Hall–Kier alpha value is -1.10. The van der Waals surface area contributed by atoms with Crippen molar-refractivity contribution >= 4 is 11.9 Å². The van der Waals surface area contributed by atoms with E-state index in [2.05, 4.69) is 0 Å². The van der Waals surface area contributed by atoms with Crippen LogP contribution in [0, 0.1) is 5.41 Å². The van der Waals surface area contributed by atoms with Crippen LogP contribution in [0.25, 0.3) is 0 Å². The molecule has 5 heteroatoms. The Balaban J connectivity index is 2.10. The Morgan fingerprint density at radius 2 is 2.06 bits per heavy atom. The second-order valence-electron chi connectivity index (χ2n) is 5.03. The molecule has 2 rings (SSSR count). The Labute approximate surface area is 101 Å². The van der Waals surface area contributed by atoms with E-state index in [-0.39, 0.29) is 12.0 Å². The fraction of sp³-hybridized carbons (Fsp3) is 0.833. The van der Waals surface area contributed by atoms with Crippen molar-refractivity contribution in [2.45, 2.75) is 38.7 Å². The molecule has 0 bridgehead atoms. The van der Waals surface area contributed by atoms with E-state index < -0.39 is 11.4 Å². The minimum atomic E-state index is -1.13. The van der Waals surface area contributed by atoms with E-state index in [0.717, 1.165) is 12.8 Å². The van der Waals surface area contributed by atoms with Crippen molar-refractivity contribution in [2.75, 3.05) is 19.7 Å². The lowest BCUT2D eigenvalue weighted by Crippen LogP contribution is -2.53. The third-order valence-electron chi connectivity index (χ3n) is 3.77. The molecule has 1 saturated heterocycles. The third-order valence-corrected chi connectivity index (χ3v) is 3.77. The van der Waals surface area contributed by atoms with E-state index in [1.54, 1.807) is 4.90 Å². The molecule has 1 amide bonds. The number of carbonyl (C=O) groups is 2. The van der Waals surface area contributed by atoms with Crippen molar-refractivity contribution in [3.8, 4) is 0 Å². The number of amides is 1. The summed E-state index contributed by atoms with van der Waals surface area (Å²) in [6, 6.07) is 0. The van der Waals surface area contributed by atoms with Gasteiger partial charge in [0.05, 0.1) is 6.10 Å². The molecule has 2 aliphatic rings. The van der Waals surface area contributed by atoms with Crippen LogP contribution in [0.1, 0.15) is 32.6 Å². The lowest BCUT2D eigenvalue weighted by atomic mass is 9.67. The van der Waals surface area contributed by atoms with Crippen LogP contribution in [0.15, 0.2) is 0 Å². The van der Waals surface area contributed by atoms with Gasteiger partial charge in [0.15, 0.2) is 0 Å². The molecule has 0 aromatic carbocycles. The summed E-state index contributed by atoms with van der Waals surface area (Å²) >= 11 is 0. The summed E-state index contributed by atoms with van der Waals surface area (Å²) in [6.45, 7) is 3.68. The van der Waals surface area contributed by atoms with Gasteiger partial charge >= 0.3 is 5.97 Å². The molecule has 0 radical (unpaired) electrons. The average Bonchev–Trinajstić information content (AvgIpc) is 2.40. The molecule has 1 N–H and O–H groups in total. The smallest absolute Gasteiger partial charge is 0.319 e. The number of hydrogen-bond donors (Lipinski definition) is 1.